The number of H-pyrrole nitrogens is 1. The maximum atomic E-state index is 12.4. The van der Waals surface area contributed by atoms with Crippen molar-refractivity contribution in [2.75, 3.05) is 54.8 Å². The van der Waals surface area contributed by atoms with Crippen molar-refractivity contribution in [3.05, 3.63) is 66.2 Å². The first kappa shape index (κ1) is 24.1. The zero-order chi connectivity index (χ0) is 26.1. The highest BCUT2D eigenvalue weighted by atomic mass is 16.5. The molecule has 9 heteroatoms. The molecule has 196 valence electrons. The number of amides is 1. The number of para-hydroxylation sites is 1. The van der Waals surface area contributed by atoms with Crippen LogP contribution >= 0.6 is 0 Å². The predicted molar refractivity (Wildman–Crippen MR) is 152 cm³/mol. The molecular weight excluding hydrogens is 478 g/mol. The molecule has 0 bridgehead atoms. The number of benzene rings is 3. The fourth-order valence-electron chi connectivity index (χ4n) is 5.52. The van der Waals surface area contributed by atoms with Gasteiger partial charge in [0.15, 0.2) is 5.82 Å². The third-order valence-electron chi connectivity index (χ3n) is 7.57. The predicted octanol–water partition coefficient (Wildman–Crippen LogP) is 3.37. The van der Waals surface area contributed by atoms with Crippen molar-refractivity contribution in [2.24, 2.45) is 5.73 Å². The molecule has 0 spiro atoms. The van der Waals surface area contributed by atoms with Crippen LogP contribution in [0, 0.1) is 0 Å². The van der Waals surface area contributed by atoms with Gasteiger partial charge in [0.1, 0.15) is 11.9 Å². The molecule has 0 saturated carbocycles. The summed E-state index contributed by atoms with van der Waals surface area (Å²) in [7, 11) is 0. The van der Waals surface area contributed by atoms with Crippen molar-refractivity contribution >= 4 is 34.0 Å². The molecule has 3 aromatic carbocycles. The first-order chi connectivity index (χ1) is 18.6. The molecule has 0 atom stereocenters. The highest BCUT2D eigenvalue weighted by Gasteiger charge is 2.23. The minimum Gasteiger partial charge on any atom is -0.489 e. The molecule has 0 unspecified atom stereocenters. The summed E-state index contributed by atoms with van der Waals surface area (Å²) >= 11 is 0. The first-order valence-corrected chi connectivity index (χ1v) is 13.2. The number of nitrogen functional groups attached to an aromatic ring is 1. The van der Waals surface area contributed by atoms with Crippen molar-refractivity contribution < 1.29 is 9.53 Å². The zero-order valence-electron chi connectivity index (χ0n) is 21.3. The molecule has 6 N–H and O–H groups in total. The number of rotatable bonds is 6. The van der Waals surface area contributed by atoms with Crippen LogP contribution in [0.4, 0.5) is 17.2 Å². The summed E-state index contributed by atoms with van der Waals surface area (Å²) in [5.41, 5.74) is 17.4. The van der Waals surface area contributed by atoms with E-state index in [2.05, 4.69) is 55.6 Å². The summed E-state index contributed by atoms with van der Waals surface area (Å²) in [5, 5.41) is 11.5. The number of nitrogens with two attached hydrogens (primary N) is 2. The highest BCUT2D eigenvalue weighted by Crippen LogP contribution is 2.37. The van der Waals surface area contributed by atoms with E-state index < -0.39 is 5.91 Å². The minimum absolute atomic E-state index is 0.123. The number of aromatic nitrogens is 2. The van der Waals surface area contributed by atoms with Gasteiger partial charge < -0.3 is 31.3 Å². The largest absolute Gasteiger partial charge is 0.489 e. The quantitative estimate of drug-likeness (QED) is 0.313. The van der Waals surface area contributed by atoms with Gasteiger partial charge in [0.05, 0.1) is 22.2 Å². The van der Waals surface area contributed by atoms with E-state index in [9.17, 15) is 4.79 Å². The monoisotopic (exact) mass is 511 g/mol. The van der Waals surface area contributed by atoms with Crippen LogP contribution in [0.25, 0.3) is 22.0 Å². The molecule has 3 heterocycles. The van der Waals surface area contributed by atoms with Crippen LogP contribution in [-0.2, 0) is 0 Å². The van der Waals surface area contributed by atoms with Crippen LogP contribution in [0.15, 0.2) is 60.7 Å². The maximum Gasteiger partial charge on any atom is 0.250 e. The van der Waals surface area contributed by atoms with Gasteiger partial charge in [0, 0.05) is 31.9 Å². The molecule has 38 heavy (non-hydrogen) atoms. The van der Waals surface area contributed by atoms with E-state index in [0.717, 1.165) is 85.6 Å². The second-order valence-electron chi connectivity index (χ2n) is 9.98. The molecular formula is C29H33N7O2. The Labute approximate surface area is 221 Å². The zero-order valence-corrected chi connectivity index (χ0v) is 21.3. The number of nitrogens with zero attached hydrogens (tertiary/aromatic N) is 3. The van der Waals surface area contributed by atoms with Gasteiger partial charge in [-0.3, -0.25) is 9.89 Å². The normalized spacial score (nSPS) is 16.6. The molecule has 6 rings (SSSR count). The molecule has 9 nitrogen and oxygen atoms in total. The average molecular weight is 512 g/mol. The molecule has 2 saturated heterocycles. The number of hydrogen-bond donors (Lipinski definition) is 4. The molecule has 0 aliphatic carbocycles. The fourth-order valence-corrected chi connectivity index (χ4v) is 5.52. The number of fused-ring (bicyclic) bond motifs is 1. The number of carbonyl (C=O) groups excluding carboxylic acids is 1. The molecule has 2 aliphatic rings. The Morgan fingerprint density at radius 1 is 0.921 bits per heavy atom. The molecule has 0 radical (unpaired) electrons. The van der Waals surface area contributed by atoms with E-state index >= 15 is 0 Å². The van der Waals surface area contributed by atoms with Crippen molar-refractivity contribution in [2.45, 2.75) is 18.9 Å². The Bertz CT molecular complexity index is 1440. The Balaban J connectivity index is 1.33. The number of nitrogens with one attached hydrogen (secondary N) is 2. The van der Waals surface area contributed by atoms with E-state index in [0.29, 0.717) is 11.4 Å². The van der Waals surface area contributed by atoms with Crippen molar-refractivity contribution in [1.29, 1.82) is 0 Å². The van der Waals surface area contributed by atoms with Crippen LogP contribution in [-0.4, -0.2) is 61.5 Å². The molecule has 4 aromatic rings. The third-order valence-corrected chi connectivity index (χ3v) is 7.57. The van der Waals surface area contributed by atoms with Crippen LogP contribution < -0.4 is 31.3 Å². The van der Waals surface area contributed by atoms with Gasteiger partial charge in [-0.25, -0.2) is 0 Å². The summed E-state index contributed by atoms with van der Waals surface area (Å²) in [4.78, 5) is 17.0. The first-order valence-electron chi connectivity index (χ1n) is 13.2. The second-order valence-corrected chi connectivity index (χ2v) is 9.98. The molecule has 2 fully saturated rings. The summed E-state index contributed by atoms with van der Waals surface area (Å²) in [6.45, 7) is 5.17. The van der Waals surface area contributed by atoms with E-state index in [-0.39, 0.29) is 6.10 Å². The minimum atomic E-state index is -0.427. The average Bonchev–Trinajstić information content (AvgIpc) is 3.34. The number of aromatic amines is 1. The SMILES string of the molecule is NC(=O)c1ccc(-c2cc(OC3CCNCC3)c3c(N)n[nH]c3c2)cc1N1CCN(c2ccccc2)CC1. The number of piperidine rings is 1. The Kier molecular flexibility index (Phi) is 6.51. The Morgan fingerprint density at radius 2 is 1.66 bits per heavy atom. The summed E-state index contributed by atoms with van der Waals surface area (Å²) < 4.78 is 6.46. The summed E-state index contributed by atoms with van der Waals surface area (Å²) in [6.07, 6.45) is 2.00. The van der Waals surface area contributed by atoms with Gasteiger partial charge >= 0.3 is 0 Å². The van der Waals surface area contributed by atoms with Crippen LogP contribution in [0.2, 0.25) is 0 Å². The van der Waals surface area contributed by atoms with Crippen molar-refractivity contribution in [1.82, 2.24) is 15.5 Å². The highest BCUT2D eigenvalue weighted by molar-refractivity contribution is 6.01. The fraction of sp³-hybridized carbons (Fsp3) is 0.310. The number of anilines is 3. The number of ether oxygens (including phenoxy) is 1. The lowest BCUT2D eigenvalue weighted by molar-refractivity contribution is 0.100. The van der Waals surface area contributed by atoms with Crippen molar-refractivity contribution in [3.8, 4) is 16.9 Å². The molecule has 1 aromatic heterocycles. The van der Waals surface area contributed by atoms with Crippen LogP contribution in [0.3, 0.4) is 0 Å². The van der Waals surface area contributed by atoms with E-state index in [1.165, 1.54) is 5.69 Å². The van der Waals surface area contributed by atoms with Gasteiger partial charge in [-0.1, -0.05) is 24.3 Å². The Morgan fingerprint density at radius 3 is 2.39 bits per heavy atom. The van der Waals surface area contributed by atoms with E-state index in [1.807, 2.05) is 30.3 Å². The van der Waals surface area contributed by atoms with E-state index in [4.69, 9.17) is 16.2 Å². The Hall–Kier alpha value is -4.24. The van der Waals surface area contributed by atoms with E-state index in [1.54, 1.807) is 0 Å². The topological polar surface area (TPSA) is 126 Å². The number of hydrogen-bond acceptors (Lipinski definition) is 7. The number of piperazine rings is 1. The lowest BCUT2D eigenvalue weighted by atomic mass is 9.99. The van der Waals surface area contributed by atoms with Crippen LogP contribution in [0.5, 0.6) is 5.75 Å². The van der Waals surface area contributed by atoms with Gasteiger partial charge in [0.25, 0.3) is 5.91 Å². The molecule has 1 amide bonds. The van der Waals surface area contributed by atoms with Crippen LogP contribution in [0.1, 0.15) is 23.2 Å². The van der Waals surface area contributed by atoms with Gasteiger partial charge in [-0.15, -0.1) is 0 Å². The third kappa shape index (κ3) is 4.72. The number of primary amides is 1. The van der Waals surface area contributed by atoms with Crippen molar-refractivity contribution in [3.63, 3.8) is 0 Å². The summed E-state index contributed by atoms with van der Waals surface area (Å²) in [6, 6.07) is 20.3. The maximum absolute atomic E-state index is 12.4. The lowest BCUT2D eigenvalue weighted by Gasteiger charge is -2.38. The van der Waals surface area contributed by atoms with Gasteiger partial charge in [0.2, 0.25) is 0 Å². The second kappa shape index (κ2) is 10.3. The lowest BCUT2D eigenvalue weighted by Crippen LogP contribution is -2.47. The van der Waals surface area contributed by atoms with Gasteiger partial charge in [-0.2, -0.15) is 5.10 Å². The summed E-state index contributed by atoms with van der Waals surface area (Å²) in [5.74, 6) is 0.730. The van der Waals surface area contributed by atoms with Gasteiger partial charge in [-0.05, 0) is 73.5 Å². The molecule has 2 aliphatic heterocycles. The standard InChI is InChI=1S/C29H33N7O2/c30-28-27-24(33-34-28)16-20(18-26(27)38-22-8-10-32-11-9-22)19-6-7-23(29(31)37)25(17-19)36-14-12-35(13-15-36)21-4-2-1-3-5-21/h1-7,16-18,22,32H,8-15H2,(H2,31,37)(H3,30,33,34). The smallest absolute Gasteiger partial charge is 0.250 e. The number of carbonyl (C=O) groups is 1.